The van der Waals surface area contributed by atoms with Crippen molar-refractivity contribution < 1.29 is 4.42 Å². The second-order valence-corrected chi connectivity index (χ2v) is 8.03. The molecule has 0 aliphatic carbocycles. The van der Waals surface area contributed by atoms with Crippen LogP contribution in [0, 0.1) is 0 Å². The standard InChI is InChI=1S/C27H20N4O2/c32-27-24(16-21-9-5-13-33-21)30-26-23(14-18-6-2-1-3-7-18)29-25(17-31(26)27)20-10-11-22-19(15-20)8-4-12-28-22/h1-13,15,17,29H,14,16H2. The molecule has 2 aromatic carbocycles. The van der Waals surface area contributed by atoms with Crippen LogP contribution in [0.3, 0.4) is 0 Å². The number of fused-ring (bicyclic) bond motifs is 2. The van der Waals surface area contributed by atoms with Crippen molar-refractivity contribution in [2.75, 3.05) is 0 Å². The van der Waals surface area contributed by atoms with Gasteiger partial charge in [-0.3, -0.25) is 14.3 Å². The summed E-state index contributed by atoms with van der Waals surface area (Å²) in [6.45, 7) is 0. The Morgan fingerprint density at radius 1 is 0.939 bits per heavy atom. The summed E-state index contributed by atoms with van der Waals surface area (Å²) in [5.74, 6) is 1.35. The Morgan fingerprint density at radius 2 is 1.85 bits per heavy atom. The maximum absolute atomic E-state index is 13.3. The number of aromatic nitrogens is 4. The van der Waals surface area contributed by atoms with E-state index in [-0.39, 0.29) is 5.56 Å². The van der Waals surface area contributed by atoms with Crippen LogP contribution in [0.1, 0.15) is 22.7 Å². The third kappa shape index (κ3) is 3.61. The van der Waals surface area contributed by atoms with Crippen LogP contribution in [0.4, 0.5) is 0 Å². The van der Waals surface area contributed by atoms with Gasteiger partial charge in [0.2, 0.25) is 0 Å². The minimum Gasteiger partial charge on any atom is -0.469 e. The lowest BCUT2D eigenvalue weighted by atomic mass is 10.1. The van der Waals surface area contributed by atoms with Crippen molar-refractivity contribution in [3.63, 3.8) is 0 Å². The second-order valence-electron chi connectivity index (χ2n) is 8.03. The van der Waals surface area contributed by atoms with Gasteiger partial charge in [-0.25, -0.2) is 4.98 Å². The number of H-pyrrole nitrogens is 1. The molecule has 33 heavy (non-hydrogen) atoms. The molecule has 4 heterocycles. The number of furan rings is 1. The summed E-state index contributed by atoms with van der Waals surface area (Å²) in [5, 5.41) is 1.04. The Morgan fingerprint density at radius 3 is 2.70 bits per heavy atom. The lowest BCUT2D eigenvalue weighted by Gasteiger charge is -2.13. The fourth-order valence-corrected chi connectivity index (χ4v) is 4.18. The van der Waals surface area contributed by atoms with Crippen molar-refractivity contribution >= 4 is 10.9 Å². The molecule has 0 fully saturated rings. The number of aromatic amines is 1. The summed E-state index contributed by atoms with van der Waals surface area (Å²) in [6.07, 6.45) is 6.21. The Labute approximate surface area is 189 Å². The van der Waals surface area contributed by atoms with E-state index in [2.05, 4.69) is 28.2 Å². The third-order valence-electron chi connectivity index (χ3n) is 5.81. The molecule has 0 radical (unpaired) electrons. The highest BCUT2D eigenvalue weighted by Crippen LogP contribution is 2.26. The number of imidazole rings is 1. The number of rotatable bonds is 5. The highest BCUT2D eigenvalue weighted by molar-refractivity contribution is 5.83. The van der Waals surface area contributed by atoms with Crippen LogP contribution in [-0.4, -0.2) is 19.5 Å². The molecule has 0 atom stereocenters. The lowest BCUT2D eigenvalue weighted by molar-refractivity contribution is 0.519. The Bertz CT molecular complexity index is 1580. The molecule has 1 N–H and O–H groups in total. The molecule has 6 nitrogen and oxygen atoms in total. The molecule has 6 rings (SSSR count). The quantitative estimate of drug-likeness (QED) is 0.416. The summed E-state index contributed by atoms with van der Waals surface area (Å²) < 4.78 is 7.10. The van der Waals surface area contributed by atoms with Gasteiger partial charge in [0.15, 0.2) is 5.82 Å². The fourth-order valence-electron chi connectivity index (χ4n) is 4.18. The summed E-state index contributed by atoms with van der Waals surface area (Å²) in [4.78, 5) is 26.0. The van der Waals surface area contributed by atoms with Crippen LogP contribution < -0.4 is 5.56 Å². The molecule has 2 aliphatic heterocycles. The van der Waals surface area contributed by atoms with Crippen molar-refractivity contribution in [3.05, 3.63) is 125 Å². The van der Waals surface area contributed by atoms with Gasteiger partial charge in [-0.15, -0.1) is 0 Å². The van der Waals surface area contributed by atoms with Gasteiger partial charge < -0.3 is 9.40 Å². The number of benzene rings is 2. The predicted octanol–water partition coefficient (Wildman–Crippen LogP) is 4.99. The lowest BCUT2D eigenvalue weighted by Crippen LogP contribution is -2.17. The molecular formula is C27H20N4O2. The van der Waals surface area contributed by atoms with Crippen LogP contribution in [0.15, 0.2) is 101 Å². The molecule has 0 spiro atoms. The summed E-state index contributed by atoms with van der Waals surface area (Å²) in [6, 6.07) is 23.9. The van der Waals surface area contributed by atoms with E-state index in [0.29, 0.717) is 30.1 Å². The van der Waals surface area contributed by atoms with E-state index in [4.69, 9.17) is 9.40 Å². The van der Waals surface area contributed by atoms with Crippen molar-refractivity contribution in [1.29, 1.82) is 0 Å². The van der Waals surface area contributed by atoms with Crippen LogP contribution in [0.25, 0.3) is 28.0 Å². The molecule has 0 saturated heterocycles. The van der Waals surface area contributed by atoms with E-state index < -0.39 is 0 Å². The molecule has 2 aromatic heterocycles. The molecule has 0 unspecified atom stereocenters. The van der Waals surface area contributed by atoms with Crippen molar-refractivity contribution in [1.82, 2.24) is 19.5 Å². The van der Waals surface area contributed by atoms with Crippen molar-refractivity contribution in [3.8, 4) is 17.1 Å². The predicted molar refractivity (Wildman–Crippen MR) is 127 cm³/mol. The van der Waals surface area contributed by atoms with Gasteiger partial charge >= 0.3 is 0 Å². The first-order chi connectivity index (χ1) is 16.2. The van der Waals surface area contributed by atoms with Crippen molar-refractivity contribution in [2.24, 2.45) is 0 Å². The first-order valence-corrected chi connectivity index (χ1v) is 10.8. The Hall–Kier alpha value is -4.45. The van der Waals surface area contributed by atoms with E-state index in [9.17, 15) is 4.79 Å². The topological polar surface area (TPSA) is 76.7 Å². The zero-order valence-electron chi connectivity index (χ0n) is 17.7. The van der Waals surface area contributed by atoms with Gasteiger partial charge in [-0.05, 0) is 35.9 Å². The zero-order chi connectivity index (χ0) is 22.2. The molecule has 160 valence electrons. The fraction of sp³-hybridized carbons (Fsp3) is 0.0741. The Kier molecular flexibility index (Phi) is 4.61. The first kappa shape index (κ1) is 19.3. The first-order valence-electron chi connectivity index (χ1n) is 10.8. The van der Waals surface area contributed by atoms with Gasteiger partial charge in [0.1, 0.15) is 11.5 Å². The Balaban J connectivity index is 1.52. The highest BCUT2D eigenvalue weighted by Gasteiger charge is 2.21. The van der Waals surface area contributed by atoms with E-state index >= 15 is 0 Å². The molecular weight excluding hydrogens is 412 g/mol. The maximum Gasteiger partial charge on any atom is 0.278 e. The van der Waals surface area contributed by atoms with Gasteiger partial charge in [0.05, 0.1) is 29.6 Å². The van der Waals surface area contributed by atoms with Gasteiger partial charge in [0, 0.05) is 29.8 Å². The summed E-state index contributed by atoms with van der Waals surface area (Å²) in [7, 11) is 0. The third-order valence-corrected chi connectivity index (χ3v) is 5.81. The van der Waals surface area contributed by atoms with Gasteiger partial charge in [-0.2, -0.15) is 0 Å². The minimum absolute atomic E-state index is 0.131. The largest absolute Gasteiger partial charge is 0.469 e. The molecule has 2 aliphatic rings. The second kappa shape index (κ2) is 7.91. The monoisotopic (exact) mass is 432 g/mol. The van der Waals surface area contributed by atoms with Gasteiger partial charge in [0.25, 0.3) is 5.56 Å². The van der Waals surface area contributed by atoms with Gasteiger partial charge in [-0.1, -0.05) is 42.5 Å². The zero-order valence-corrected chi connectivity index (χ0v) is 17.7. The SMILES string of the molecule is O=c1c(Cc2ccco2)nc2c(Cc3ccccc3)[nH]c(-c3ccc4ncccc4c3)cn1-2. The average molecular weight is 432 g/mol. The maximum atomic E-state index is 13.3. The number of hydrogen-bond acceptors (Lipinski definition) is 4. The summed E-state index contributed by atoms with van der Waals surface area (Å²) in [5.41, 5.74) is 5.11. The van der Waals surface area contributed by atoms with E-state index in [1.165, 1.54) is 0 Å². The van der Waals surface area contributed by atoms with Crippen LogP contribution in [0.2, 0.25) is 0 Å². The minimum atomic E-state index is -0.131. The van der Waals surface area contributed by atoms with E-state index in [1.54, 1.807) is 17.0 Å². The van der Waals surface area contributed by atoms with Crippen LogP contribution in [-0.2, 0) is 12.8 Å². The number of nitrogens with one attached hydrogen (secondary N) is 1. The summed E-state index contributed by atoms with van der Waals surface area (Å²) >= 11 is 0. The van der Waals surface area contributed by atoms with Crippen molar-refractivity contribution in [2.45, 2.75) is 12.8 Å². The average Bonchev–Trinajstić information content (AvgIpc) is 3.48. The highest BCUT2D eigenvalue weighted by atomic mass is 16.3. The van der Waals surface area contributed by atoms with E-state index in [1.807, 2.05) is 60.8 Å². The van der Waals surface area contributed by atoms with E-state index in [0.717, 1.165) is 33.4 Å². The van der Waals surface area contributed by atoms with Crippen LogP contribution in [0.5, 0.6) is 0 Å². The molecule has 0 amide bonds. The number of nitrogens with zero attached hydrogens (tertiary/aromatic N) is 3. The molecule has 4 aromatic rings. The number of hydrogen-bond donors (Lipinski definition) is 1. The molecule has 0 saturated carbocycles. The number of pyridine rings is 1. The van der Waals surface area contributed by atoms with Crippen LogP contribution >= 0.6 is 0 Å². The normalized spacial score (nSPS) is 11.4. The molecule has 6 heteroatoms. The molecule has 0 bridgehead atoms. The smallest absolute Gasteiger partial charge is 0.278 e.